The highest BCUT2D eigenvalue weighted by Gasteiger charge is 2.11. The highest BCUT2D eigenvalue weighted by molar-refractivity contribution is 9.10. The van der Waals surface area contributed by atoms with Crippen molar-refractivity contribution in [1.29, 1.82) is 0 Å². The van der Waals surface area contributed by atoms with E-state index in [0.717, 1.165) is 17.6 Å². The molecule has 1 aliphatic rings. The zero-order valence-electron chi connectivity index (χ0n) is 8.54. The van der Waals surface area contributed by atoms with Gasteiger partial charge in [0.2, 0.25) is 5.95 Å². The van der Waals surface area contributed by atoms with E-state index >= 15 is 0 Å². The standard InChI is InChI=1S/C10H15BrN4/c11-8-5-13-10(14-6-8)15-7-9-3-1-2-4-12-9/h5-6,9,12H,1-4,7H2,(H,13,14,15). The van der Waals surface area contributed by atoms with E-state index in [1.54, 1.807) is 12.4 Å². The minimum absolute atomic E-state index is 0.561. The lowest BCUT2D eigenvalue weighted by Gasteiger charge is -2.23. The first kappa shape index (κ1) is 10.8. The average molecular weight is 271 g/mol. The number of piperidine rings is 1. The Kier molecular flexibility index (Phi) is 3.91. The Morgan fingerprint density at radius 1 is 1.40 bits per heavy atom. The summed E-state index contributed by atoms with van der Waals surface area (Å²) >= 11 is 3.31. The second-order valence-electron chi connectivity index (χ2n) is 3.75. The van der Waals surface area contributed by atoms with Crippen molar-refractivity contribution in [1.82, 2.24) is 15.3 Å². The third-order valence-electron chi connectivity index (χ3n) is 2.54. The third-order valence-corrected chi connectivity index (χ3v) is 2.95. The van der Waals surface area contributed by atoms with Crippen LogP contribution in [0, 0.1) is 0 Å². The minimum atomic E-state index is 0.561. The molecule has 1 saturated heterocycles. The Hall–Kier alpha value is -0.680. The molecule has 0 radical (unpaired) electrons. The van der Waals surface area contributed by atoms with Crippen LogP contribution in [0.2, 0.25) is 0 Å². The average Bonchev–Trinajstić information content (AvgIpc) is 2.30. The number of aromatic nitrogens is 2. The van der Waals surface area contributed by atoms with Crippen molar-refractivity contribution in [2.24, 2.45) is 0 Å². The normalized spacial score (nSPS) is 21.3. The van der Waals surface area contributed by atoms with E-state index < -0.39 is 0 Å². The maximum atomic E-state index is 4.17. The summed E-state index contributed by atoms with van der Waals surface area (Å²) in [7, 11) is 0. The number of nitrogens with one attached hydrogen (secondary N) is 2. The Balaban J connectivity index is 1.79. The van der Waals surface area contributed by atoms with Crippen LogP contribution in [0.25, 0.3) is 0 Å². The molecular formula is C10H15BrN4. The molecule has 1 aromatic heterocycles. The van der Waals surface area contributed by atoms with E-state index in [0.29, 0.717) is 12.0 Å². The highest BCUT2D eigenvalue weighted by Crippen LogP contribution is 2.09. The number of anilines is 1. The molecular weight excluding hydrogens is 256 g/mol. The molecule has 82 valence electrons. The third kappa shape index (κ3) is 3.43. The summed E-state index contributed by atoms with van der Waals surface area (Å²) in [6.45, 7) is 2.04. The molecule has 1 aromatic rings. The SMILES string of the molecule is Brc1cnc(NCC2CCCCN2)nc1. The van der Waals surface area contributed by atoms with E-state index in [-0.39, 0.29) is 0 Å². The molecule has 1 aliphatic heterocycles. The van der Waals surface area contributed by atoms with E-state index in [1.807, 2.05) is 0 Å². The molecule has 0 bridgehead atoms. The first-order valence-corrected chi connectivity index (χ1v) is 6.09. The second-order valence-corrected chi connectivity index (χ2v) is 4.67. The van der Waals surface area contributed by atoms with Crippen LogP contribution in [0.3, 0.4) is 0 Å². The number of rotatable bonds is 3. The molecule has 0 aliphatic carbocycles. The topological polar surface area (TPSA) is 49.8 Å². The fourth-order valence-electron chi connectivity index (χ4n) is 1.72. The van der Waals surface area contributed by atoms with E-state index in [1.165, 1.54) is 19.3 Å². The molecule has 0 spiro atoms. The van der Waals surface area contributed by atoms with Gasteiger partial charge in [0.25, 0.3) is 0 Å². The van der Waals surface area contributed by atoms with Gasteiger partial charge < -0.3 is 10.6 Å². The van der Waals surface area contributed by atoms with Gasteiger partial charge in [-0.05, 0) is 35.3 Å². The largest absolute Gasteiger partial charge is 0.353 e. The molecule has 2 heterocycles. The summed E-state index contributed by atoms with van der Waals surface area (Å²) in [5, 5.41) is 6.71. The lowest BCUT2D eigenvalue weighted by atomic mass is 10.1. The highest BCUT2D eigenvalue weighted by atomic mass is 79.9. The summed E-state index contributed by atoms with van der Waals surface area (Å²) < 4.78 is 0.906. The van der Waals surface area contributed by atoms with Crippen molar-refractivity contribution in [2.75, 3.05) is 18.4 Å². The van der Waals surface area contributed by atoms with E-state index in [9.17, 15) is 0 Å². The van der Waals surface area contributed by atoms with Gasteiger partial charge in [0, 0.05) is 25.0 Å². The van der Waals surface area contributed by atoms with Crippen molar-refractivity contribution >= 4 is 21.9 Å². The van der Waals surface area contributed by atoms with Crippen LogP contribution in [0.15, 0.2) is 16.9 Å². The lowest BCUT2D eigenvalue weighted by molar-refractivity contribution is 0.413. The molecule has 2 N–H and O–H groups in total. The van der Waals surface area contributed by atoms with E-state index in [4.69, 9.17) is 0 Å². The van der Waals surface area contributed by atoms with Crippen LogP contribution in [-0.4, -0.2) is 29.1 Å². The molecule has 0 amide bonds. The van der Waals surface area contributed by atoms with Crippen molar-refractivity contribution in [3.05, 3.63) is 16.9 Å². The quantitative estimate of drug-likeness (QED) is 0.880. The number of nitrogens with zero attached hydrogens (tertiary/aromatic N) is 2. The van der Waals surface area contributed by atoms with Crippen LogP contribution in [0.5, 0.6) is 0 Å². The van der Waals surface area contributed by atoms with Crippen molar-refractivity contribution in [2.45, 2.75) is 25.3 Å². The predicted molar refractivity (Wildman–Crippen MR) is 63.9 cm³/mol. The van der Waals surface area contributed by atoms with E-state index in [2.05, 4.69) is 36.5 Å². The van der Waals surface area contributed by atoms with Gasteiger partial charge in [0.1, 0.15) is 0 Å². The minimum Gasteiger partial charge on any atom is -0.353 e. The Morgan fingerprint density at radius 3 is 2.87 bits per heavy atom. The second kappa shape index (κ2) is 5.42. The fraction of sp³-hybridized carbons (Fsp3) is 0.600. The smallest absolute Gasteiger partial charge is 0.222 e. The molecule has 0 saturated carbocycles. The lowest BCUT2D eigenvalue weighted by Crippen LogP contribution is -2.39. The van der Waals surface area contributed by atoms with Gasteiger partial charge in [0.15, 0.2) is 0 Å². The molecule has 0 aromatic carbocycles. The molecule has 15 heavy (non-hydrogen) atoms. The Bertz CT molecular complexity index is 295. The van der Waals surface area contributed by atoms with Gasteiger partial charge in [-0.25, -0.2) is 9.97 Å². The number of hydrogen-bond acceptors (Lipinski definition) is 4. The fourth-order valence-corrected chi connectivity index (χ4v) is 1.92. The monoisotopic (exact) mass is 270 g/mol. The molecule has 4 nitrogen and oxygen atoms in total. The van der Waals surface area contributed by atoms with Crippen LogP contribution in [0.4, 0.5) is 5.95 Å². The van der Waals surface area contributed by atoms with Gasteiger partial charge in [-0.15, -0.1) is 0 Å². The molecule has 1 atom stereocenters. The molecule has 1 unspecified atom stereocenters. The Morgan fingerprint density at radius 2 is 2.20 bits per heavy atom. The summed E-state index contributed by atoms with van der Waals surface area (Å²) in [6, 6.07) is 0.561. The molecule has 5 heteroatoms. The number of halogens is 1. The predicted octanol–water partition coefficient (Wildman–Crippen LogP) is 1.79. The Labute approximate surface area is 98.0 Å². The van der Waals surface area contributed by atoms with Gasteiger partial charge in [-0.1, -0.05) is 6.42 Å². The first-order valence-electron chi connectivity index (χ1n) is 5.29. The zero-order chi connectivity index (χ0) is 10.5. The van der Waals surface area contributed by atoms with Gasteiger partial charge in [0.05, 0.1) is 4.47 Å². The van der Waals surface area contributed by atoms with Crippen LogP contribution in [0.1, 0.15) is 19.3 Å². The van der Waals surface area contributed by atoms with Gasteiger partial charge in [-0.2, -0.15) is 0 Å². The summed E-state index contributed by atoms with van der Waals surface area (Å²) in [4.78, 5) is 8.33. The van der Waals surface area contributed by atoms with Crippen molar-refractivity contribution < 1.29 is 0 Å². The number of hydrogen-bond donors (Lipinski definition) is 2. The summed E-state index contributed by atoms with van der Waals surface area (Å²) in [5.41, 5.74) is 0. The summed E-state index contributed by atoms with van der Waals surface area (Å²) in [6.07, 6.45) is 7.36. The molecule has 1 fully saturated rings. The van der Waals surface area contributed by atoms with Gasteiger partial charge in [-0.3, -0.25) is 0 Å². The van der Waals surface area contributed by atoms with Crippen LogP contribution in [-0.2, 0) is 0 Å². The zero-order valence-corrected chi connectivity index (χ0v) is 10.1. The maximum absolute atomic E-state index is 4.17. The molecule has 2 rings (SSSR count). The summed E-state index contributed by atoms with van der Waals surface area (Å²) in [5.74, 6) is 0.700. The van der Waals surface area contributed by atoms with Crippen molar-refractivity contribution in [3.8, 4) is 0 Å². The van der Waals surface area contributed by atoms with Crippen molar-refractivity contribution in [3.63, 3.8) is 0 Å². The maximum Gasteiger partial charge on any atom is 0.222 e. The van der Waals surface area contributed by atoms with Crippen LogP contribution < -0.4 is 10.6 Å². The van der Waals surface area contributed by atoms with Gasteiger partial charge >= 0.3 is 0 Å². The first-order chi connectivity index (χ1) is 7.34. The van der Waals surface area contributed by atoms with Crippen LogP contribution >= 0.6 is 15.9 Å².